The van der Waals surface area contributed by atoms with E-state index in [4.69, 9.17) is 0 Å². The monoisotopic (exact) mass is 263 g/mol. The lowest BCUT2D eigenvalue weighted by Crippen LogP contribution is -2.56. The van der Waals surface area contributed by atoms with Crippen molar-refractivity contribution in [2.75, 3.05) is 0 Å². The van der Waals surface area contributed by atoms with Crippen molar-refractivity contribution in [3.8, 4) is 0 Å². The maximum atomic E-state index is 9.39. The number of oxime groups is 1. The van der Waals surface area contributed by atoms with E-state index in [-0.39, 0.29) is 0 Å². The predicted molar refractivity (Wildman–Crippen MR) is 75.3 cm³/mol. The van der Waals surface area contributed by atoms with E-state index in [2.05, 4.69) is 37.4 Å². The van der Waals surface area contributed by atoms with Crippen LogP contribution in [0.3, 0.4) is 0 Å². The second kappa shape index (κ2) is 4.09. The first-order valence-electron chi connectivity index (χ1n) is 6.81. The highest BCUT2D eigenvalue weighted by Gasteiger charge is 2.57. The second-order valence-corrected chi connectivity index (χ2v) is 7.47. The number of hydrogen-bond acceptors (Lipinski definition) is 3. The molecule has 0 aromatic carbocycles. The molecule has 0 amide bonds. The molecule has 1 aromatic rings. The van der Waals surface area contributed by atoms with Crippen LogP contribution in [0.15, 0.2) is 22.7 Å². The number of fused-ring (bicyclic) bond motifs is 2. The van der Waals surface area contributed by atoms with Crippen LogP contribution in [-0.4, -0.2) is 10.9 Å². The molecule has 0 aliphatic heterocycles. The molecule has 98 valence electrons. The second-order valence-electron chi connectivity index (χ2n) is 6.52. The Bertz CT molecular complexity index is 463. The van der Waals surface area contributed by atoms with Crippen LogP contribution in [0.1, 0.15) is 38.5 Å². The normalized spacial score (nSPS) is 38.3. The zero-order chi connectivity index (χ0) is 12.9. The molecule has 2 bridgehead atoms. The zero-order valence-electron chi connectivity index (χ0n) is 11.3. The van der Waals surface area contributed by atoms with Crippen LogP contribution in [0, 0.1) is 29.1 Å². The number of thiophene rings is 1. The SMILES string of the molecule is CC1[C@H]2C[C@@H](C[C@H]1/C(=N/O)c1cccs1)C2(C)C. The molecule has 3 aliphatic rings. The molecule has 4 atom stereocenters. The molecule has 1 N–H and O–H groups in total. The van der Waals surface area contributed by atoms with Crippen LogP contribution in [0.4, 0.5) is 0 Å². The molecule has 4 rings (SSSR count). The van der Waals surface area contributed by atoms with E-state index in [1.165, 1.54) is 12.8 Å². The Morgan fingerprint density at radius 1 is 1.44 bits per heavy atom. The topological polar surface area (TPSA) is 32.6 Å². The van der Waals surface area contributed by atoms with Gasteiger partial charge < -0.3 is 5.21 Å². The third kappa shape index (κ3) is 1.56. The van der Waals surface area contributed by atoms with E-state index in [1.807, 2.05) is 6.07 Å². The van der Waals surface area contributed by atoms with E-state index < -0.39 is 0 Å². The minimum absolute atomic E-state index is 0.436. The molecule has 2 nitrogen and oxygen atoms in total. The standard InChI is InChI=1S/C15H21NOS/c1-9-11(7-10-8-12(9)15(10,2)3)14(16-17)13-5-4-6-18-13/h4-6,9-12,17H,7-8H2,1-3H3/b16-14-/t9?,10-,11-,12-/m1/s1. The van der Waals surface area contributed by atoms with Gasteiger partial charge in [-0.25, -0.2) is 0 Å². The van der Waals surface area contributed by atoms with Crippen LogP contribution < -0.4 is 0 Å². The first-order valence-corrected chi connectivity index (χ1v) is 7.69. The van der Waals surface area contributed by atoms with Gasteiger partial charge in [0.25, 0.3) is 0 Å². The van der Waals surface area contributed by atoms with E-state index in [9.17, 15) is 5.21 Å². The van der Waals surface area contributed by atoms with E-state index in [0.717, 1.165) is 22.4 Å². The molecular weight excluding hydrogens is 242 g/mol. The highest BCUT2D eigenvalue weighted by atomic mass is 32.1. The average molecular weight is 263 g/mol. The highest BCUT2D eigenvalue weighted by molar-refractivity contribution is 7.12. The Morgan fingerprint density at radius 2 is 2.22 bits per heavy atom. The number of rotatable bonds is 2. The van der Waals surface area contributed by atoms with Crippen molar-refractivity contribution in [2.45, 2.75) is 33.6 Å². The summed E-state index contributed by atoms with van der Waals surface area (Å²) in [6.07, 6.45) is 2.55. The molecule has 1 unspecified atom stereocenters. The van der Waals surface area contributed by atoms with E-state index >= 15 is 0 Å². The first-order chi connectivity index (χ1) is 8.55. The Morgan fingerprint density at radius 3 is 2.72 bits per heavy atom. The Balaban J connectivity index is 1.87. The molecule has 0 spiro atoms. The number of nitrogens with zero attached hydrogens (tertiary/aromatic N) is 1. The molecule has 0 radical (unpaired) electrons. The molecule has 18 heavy (non-hydrogen) atoms. The van der Waals surface area contributed by atoms with Gasteiger partial charge in [0.05, 0.1) is 4.88 Å². The van der Waals surface area contributed by atoms with Crippen molar-refractivity contribution in [3.05, 3.63) is 22.4 Å². The lowest BCUT2D eigenvalue weighted by molar-refractivity contribution is -0.114. The molecule has 1 aromatic heterocycles. The summed E-state index contributed by atoms with van der Waals surface area (Å²) in [5.41, 5.74) is 1.41. The van der Waals surface area contributed by atoms with Gasteiger partial charge in [-0.3, -0.25) is 0 Å². The van der Waals surface area contributed by atoms with Gasteiger partial charge in [-0.1, -0.05) is 32.0 Å². The van der Waals surface area contributed by atoms with Crippen LogP contribution in [-0.2, 0) is 0 Å². The molecule has 3 fully saturated rings. The van der Waals surface area contributed by atoms with Crippen LogP contribution >= 0.6 is 11.3 Å². The van der Waals surface area contributed by atoms with Gasteiger partial charge in [0.1, 0.15) is 5.71 Å². The van der Waals surface area contributed by atoms with Gasteiger partial charge in [0.2, 0.25) is 0 Å². The zero-order valence-corrected chi connectivity index (χ0v) is 12.1. The molecule has 0 saturated heterocycles. The number of hydrogen-bond donors (Lipinski definition) is 1. The Hall–Kier alpha value is -0.830. The smallest absolute Gasteiger partial charge is 0.100 e. The third-order valence-electron chi connectivity index (χ3n) is 5.59. The van der Waals surface area contributed by atoms with Crippen molar-refractivity contribution in [3.63, 3.8) is 0 Å². The van der Waals surface area contributed by atoms with E-state index in [0.29, 0.717) is 17.3 Å². The molecular formula is C15H21NOS. The summed E-state index contributed by atoms with van der Waals surface area (Å²) < 4.78 is 0. The summed E-state index contributed by atoms with van der Waals surface area (Å²) in [4.78, 5) is 1.13. The molecule has 3 aliphatic carbocycles. The predicted octanol–water partition coefficient (Wildman–Crippen LogP) is 4.24. The molecule has 1 heterocycles. The Labute approximate surface area is 113 Å². The lowest BCUT2D eigenvalue weighted by atomic mass is 9.43. The quantitative estimate of drug-likeness (QED) is 0.483. The maximum Gasteiger partial charge on any atom is 0.100 e. The fraction of sp³-hybridized carbons (Fsp3) is 0.667. The highest BCUT2D eigenvalue weighted by Crippen LogP contribution is 2.63. The summed E-state index contributed by atoms with van der Waals surface area (Å²) in [5.74, 6) is 2.65. The minimum atomic E-state index is 0.436. The van der Waals surface area contributed by atoms with Crippen LogP contribution in [0.2, 0.25) is 0 Å². The Kier molecular flexibility index (Phi) is 2.77. The fourth-order valence-corrected chi connectivity index (χ4v) is 5.01. The molecule has 3 heteroatoms. The lowest BCUT2D eigenvalue weighted by Gasteiger charge is -2.62. The van der Waals surface area contributed by atoms with Crippen molar-refractivity contribution < 1.29 is 5.21 Å². The summed E-state index contributed by atoms with van der Waals surface area (Å²) in [6.45, 7) is 7.14. The van der Waals surface area contributed by atoms with Crippen molar-refractivity contribution in [2.24, 2.45) is 34.2 Å². The minimum Gasteiger partial charge on any atom is -0.411 e. The largest absolute Gasteiger partial charge is 0.411 e. The molecule has 3 saturated carbocycles. The summed E-state index contributed by atoms with van der Waals surface area (Å²) in [7, 11) is 0. The van der Waals surface area contributed by atoms with Crippen molar-refractivity contribution in [1.29, 1.82) is 0 Å². The van der Waals surface area contributed by atoms with E-state index in [1.54, 1.807) is 11.3 Å². The summed E-state index contributed by atoms with van der Waals surface area (Å²) in [6, 6.07) is 4.10. The summed E-state index contributed by atoms with van der Waals surface area (Å²) in [5, 5.41) is 15.1. The average Bonchev–Trinajstić information content (AvgIpc) is 2.85. The van der Waals surface area contributed by atoms with Gasteiger partial charge in [0, 0.05) is 5.92 Å². The van der Waals surface area contributed by atoms with Gasteiger partial charge >= 0.3 is 0 Å². The first kappa shape index (κ1) is 12.2. The van der Waals surface area contributed by atoms with Crippen LogP contribution in [0.25, 0.3) is 0 Å². The van der Waals surface area contributed by atoms with Crippen LogP contribution in [0.5, 0.6) is 0 Å². The van der Waals surface area contributed by atoms with Gasteiger partial charge in [0.15, 0.2) is 0 Å². The van der Waals surface area contributed by atoms with Crippen molar-refractivity contribution >= 4 is 17.0 Å². The van der Waals surface area contributed by atoms with Gasteiger partial charge in [-0.05, 0) is 47.5 Å². The maximum absolute atomic E-state index is 9.39. The van der Waals surface area contributed by atoms with Crippen molar-refractivity contribution in [1.82, 2.24) is 0 Å². The third-order valence-corrected chi connectivity index (χ3v) is 6.48. The fourth-order valence-electron chi connectivity index (χ4n) is 4.24. The van der Waals surface area contributed by atoms with Gasteiger partial charge in [-0.15, -0.1) is 11.3 Å². The van der Waals surface area contributed by atoms with Gasteiger partial charge in [-0.2, -0.15) is 0 Å². The summed E-state index contributed by atoms with van der Waals surface area (Å²) >= 11 is 1.68.